The molecular formula is C13H25NO2. The third kappa shape index (κ3) is 6.11. The molecule has 1 amide bonds. The lowest BCUT2D eigenvalue weighted by Crippen LogP contribution is -2.35. The first-order valence-corrected chi connectivity index (χ1v) is 6.70. The molecule has 1 aliphatic carbocycles. The van der Waals surface area contributed by atoms with Crippen LogP contribution in [0, 0.1) is 0 Å². The Morgan fingerprint density at radius 3 is 2.44 bits per heavy atom. The number of rotatable bonds is 5. The Morgan fingerprint density at radius 1 is 1.19 bits per heavy atom. The summed E-state index contributed by atoms with van der Waals surface area (Å²) < 4.78 is 5.18. The zero-order chi connectivity index (χ0) is 11.6. The van der Waals surface area contributed by atoms with Crippen LogP contribution in [0.25, 0.3) is 0 Å². The molecule has 1 aliphatic rings. The maximum absolute atomic E-state index is 11.6. The quantitative estimate of drug-likeness (QED) is 0.733. The molecule has 0 aromatic carbocycles. The number of hydrogen-bond donors (Lipinski definition) is 1. The van der Waals surface area contributed by atoms with E-state index in [1.807, 2.05) is 6.92 Å². The Hall–Kier alpha value is -0.570. The molecule has 0 saturated heterocycles. The molecule has 0 bridgehead atoms. The van der Waals surface area contributed by atoms with Crippen LogP contribution in [0.4, 0.5) is 0 Å². The van der Waals surface area contributed by atoms with Crippen LogP contribution < -0.4 is 5.32 Å². The normalized spacial score (nSPS) is 18.8. The fraction of sp³-hybridized carbons (Fsp3) is 0.923. The Morgan fingerprint density at radius 2 is 1.81 bits per heavy atom. The van der Waals surface area contributed by atoms with E-state index in [0.717, 1.165) is 12.8 Å². The van der Waals surface area contributed by atoms with Crippen molar-refractivity contribution in [3.63, 3.8) is 0 Å². The highest BCUT2D eigenvalue weighted by atomic mass is 16.5. The molecule has 0 heterocycles. The number of hydrogen-bond acceptors (Lipinski definition) is 2. The Kier molecular flexibility index (Phi) is 7.23. The topological polar surface area (TPSA) is 38.3 Å². The van der Waals surface area contributed by atoms with Crippen LogP contribution >= 0.6 is 0 Å². The van der Waals surface area contributed by atoms with Crippen LogP contribution in [-0.2, 0) is 9.53 Å². The number of nitrogens with one attached hydrogen (secondary N) is 1. The maximum Gasteiger partial charge on any atom is 0.222 e. The van der Waals surface area contributed by atoms with Crippen LogP contribution in [-0.4, -0.2) is 25.2 Å². The average Bonchev–Trinajstić information content (AvgIpc) is 2.22. The zero-order valence-corrected chi connectivity index (χ0v) is 10.5. The van der Waals surface area contributed by atoms with E-state index >= 15 is 0 Å². The first kappa shape index (κ1) is 13.5. The molecule has 1 rings (SSSR count). The first-order valence-electron chi connectivity index (χ1n) is 6.70. The molecule has 16 heavy (non-hydrogen) atoms. The Balaban J connectivity index is 2.14. The minimum absolute atomic E-state index is 0.152. The molecule has 3 nitrogen and oxygen atoms in total. The fourth-order valence-corrected chi connectivity index (χ4v) is 2.21. The van der Waals surface area contributed by atoms with Crippen molar-refractivity contribution < 1.29 is 9.53 Å². The van der Waals surface area contributed by atoms with E-state index in [0.29, 0.717) is 25.7 Å². The van der Waals surface area contributed by atoms with Crippen molar-refractivity contribution in [2.75, 3.05) is 13.2 Å². The van der Waals surface area contributed by atoms with Crippen molar-refractivity contribution in [2.45, 2.75) is 64.3 Å². The second-order valence-electron chi connectivity index (χ2n) is 4.56. The van der Waals surface area contributed by atoms with Crippen molar-refractivity contribution in [2.24, 2.45) is 0 Å². The lowest BCUT2D eigenvalue weighted by Gasteiger charge is -2.20. The minimum atomic E-state index is 0.152. The summed E-state index contributed by atoms with van der Waals surface area (Å²) in [5, 5.41) is 3.13. The van der Waals surface area contributed by atoms with Gasteiger partial charge in [-0.05, 0) is 19.8 Å². The number of carbonyl (C=O) groups is 1. The smallest absolute Gasteiger partial charge is 0.222 e. The molecule has 0 atom stereocenters. The van der Waals surface area contributed by atoms with Gasteiger partial charge in [-0.2, -0.15) is 0 Å². The van der Waals surface area contributed by atoms with Crippen molar-refractivity contribution in [3.05, 3.63) is 0 Å². The van der Waals surface area contributed by atoms with Crippen molar-refractivity contribution in [1.29, 1.82) is 0 Å². The van der Waals surface area contributed by atoms with E-state index in [1.165, 1.54) is 32.1 Å². The van der Waals surface area contributed by atoms with Gasteiger partial charge in [0.2, 0.25) is 5.91 Å². The van der Waals surface area contributed by atoms with Gasteiger partial charge in [-0.3, -0.25) is 4.79 Å². The Labute approximate surface area is 98.9 Å². The molecule has 1 N–H and O–H groups in total. The van der Waals surface area contributed by atoms with E-state index in [2.05, 4.69) is 5.32 Å². The summed E-state index contributed by atoms with van der Waals surface area (Å²) in [6.45, 7) is 3.19. The number of amides is 1. The van der Waals surface area contributed by atoms with E-state index < -0.39 is 0 Å². The first-order chi connectivity index (χ1) is 7.83. The summed E-state index contributed by atoms with van der Waals surface area (Å²) in [5.41, 5.74) is 0. The molecular weight excluding hydrogens is 202 g/mol. The number of carbonyl (C=O) groups excluding carboxylic acids is 1. The molecule has 0 radical (unpaired) electrons. The molecule has 0 spiro atoms. The Bertz CT molecular complexity index is 186. The zero-order valence-electron chi connectivity index (χ0n) is 10.5. The van der Waals surface area contributed by atoms with E-state index in [9.17, 15) is 4.79 Å². The summed E-state index contributed by atoms with van der Waals surface area (Å²) in [4.78, 5) is 11.6. The summed E-state index contributed by atoms with van der Waals surface area (Å²) >= 11 is 0. The van der Waals surface area contributed by atoms with Gasteiger partial charge in [-0.25, -0.2) is 0 Å². The molecule has 0 unspecified atom stereocenters. The van der Waals surface area contributed by atoms with Gasteiger partial charge >= 0.3 is 0 Å². The van der Waals surface area contributed by atoms with Gasteiger partial charge < -0.3 is 10.1 Å². The highest BCUT2D eigenvalue weighted by Crippen LogP contribution is 2.17. The summed E-state index contributed by atoms with van der Waals surface area (Å²) in [5.74, 6) is 0.152. The van der Waals surface area contributed by atoms with Crippen molar-refractivity contribution in [3.8, 4) is 0 Å². The molecule has 0 aromatic rings. The van der Waals surface area contributed by atoms with Gasteiger partial charge in [-0.15, -0.1) is 0 Å². The highest BCUT2D eigenvalue weighted by molar-refractivity contribution is 5.76. The summed E-state index contributed by atoms with van der Waals surface area (Å²) in [7, 11) is 0. The van der Waals surface area contributed by atoms with Gasteiger partial charge in [0.1, 0.15) is 0 Å². The minimum Gasteiger partial charge on any atom is -0.381 e. The third-order valence-electron chi connectivity index (χ3n) is 3.15. The van der Waals surface area contributed by atoms with Crippen LogP contribution in [0.1, 0.15) is 58.3 Å². The predicted octanol–water partition coefficient (Wildman–Crippen LogP) is 2.64. The lowest BCUT2D eigenvalue weighted by atomic mass is 9.96. The number of ether oxygens (including phenoxy) is 1. The van der Waals surface area contributed by atoms with E-state index in [4.69, 9.17) is 4.74 Å². The molecule has 1 fully saturated rings. The van der Waals surface area contributed by atoms with Crippen LogP contribution in [0.5, 0.6) is 0 Å². The molecule has 94 valence electrons. The van der Waals surface area contributed by atoms with Crippen molar-refractivity contribution in [1.82, 2.24) is 5.32 Å². The van der Waals surface area contributed by atoms with Gasteiger partial charge in [0.05, 0.1) is 6.61 Å². The second-order valence-corrected chi connectivity index (χ2v) is 4.56. The molecule has 3 heteroatoms. The largest absolute Gasteiger partial charge is 0.381 e. The molecule has 1 saturated carbocycles. The van der Waals surface area contributed by atoms with Crippen LogP contribution in [0.2, 0.25) is 0 Å². The van der Waals surface area contributed by atoms with E-state index in [1.54, 1.807) is 0 Å². The van der Waals surface area contributed by atoms with Crippen LogP contribution in [0.15, 0.2) is 0 Å². The van der Waals surface area contributed by atoms with Gasteiger partial charge in [0.25, 0.3) is 0 Å². The van der Waals surface area contributed by atoms with Gasteiger partial charge in [0.15, 0.2) is 0 Å². The average molecular weight is 227 g/mol. The van der Waals surface area contributed by atoms with Gasteiger partial charge in [0, 0.05) is 19.1 Å². The van der Waals surface area contributed by atoms with Gasteiger partial charge in [-0.1, -0.05) is 32.1 Å². The monoisotopic (exact) mass is 227 g/mol. The summed E-state index contributed by atoms with van der Waals surface area (Å²) in [6, 6.07) is 0.412. The third-order valence-corrected chi connectivity index (χ3v) is 3.15. The van der Waals surface area contributed by atoms with E-state index in [-0.39, 0.29) is 5.91 Å². The second kappa shape index (κ2) is 8.57. The maximum atomic E-state index is 11.6. The molecule has 0 aromatic heterocycles. The summed E-state index contributed by atoms with van der Waals surface area (Å²) in [6.07, 6.45) is 9.35. The predicted molar refractivity (Wildman–Crippen MR) is 65.4 cm³/mol. The standard InChI is InChI=1S/C13H25NO2/c1-2-16-11-10-13(15)14-12-8-6-4-3-5-7-9-12/h12H,2-11H2,1H3,(H,14,15). The lowest BCUT2D eigenvalue weighted by molar-refractivity contribution is -0.122. The fourth-order valence-electron chi connectivity index (χ4n) is 2.21. The highest BCUT2D eigenvalue weighted by Gasteiger charge is 2.13. The SMILES string of the molecule is CCOCCC(=O)NC1CCCCCCC1. The van der Waals surface area contributed by atoms with Crippen molar-refractivity contribution >= 4 is 5.91 Å². The van der Waals surface area contributed by atoms with Crippen LogP contribution in [0.3, 0.4) is 0 Å². The molecule has 0 aliphatic heterocycles.